The molecule has 0 aliphatic carbocycles. The lowest BCUT2D eigenvalue weighted by Gasteiger charge is -2.35. The Hall–Kier alpha value is -0.520. The second-order valence-electron chi connectivity index (χ2n) is 4.28. The van der Waals surface area contributed by atoms with Crippen LogP contribution in [0.1, 0.15) is 27.2 Å². The second-order valence-corrected chi connectivity index (χ2v) is 4.28. The predicted octanol–water partition coefficient (Wildman–Crippen LogP) is 1.33. The maximum absolute atomic E-state index is 3.56. The summed E-state index contributed by atoms with van der Waals surface area (Å²) in [5, 5.41) is 3.56. The Morgan fingerprint density at radius 1 is 1.50 bits per heavy atom. The molecule has 1 aliphatic heterocycles. The summed E-state index contributed by atoms with van der Waals surface area (Å²) in [5.41, 5.74) is 0. The molecule has 14 heavy (non-hydrogen) atoms. The van der Waals surface area contributed by atoms with E-state index in [9.17, 15) is 0 Å². The molecule has 1 fully saturated rings. The van der Waals surface area contributed by atoms with Gasteiger partial charge >= 0.3 is 0 Å². The van der Waals surface area contributed by atoms with Crippen molar-refractivity contribution >= 4 is 0 Å². The molecule has 1 heterocycles. The van der Waals surface area contributed by atoms with Crippen molar-refractivity contribution in [1.29, 1.82) is 0 Å². The summed E-state index contributed by atoms with van der Waals surface area (Å²) < 4.78 is 0. The lowest BCUT2D eigenvalue weighted by Crippen LogP contribution is -2.52. The molecule has 1 N–H and O–H groups in total. The van der Waals surface area contributed by atoms with Crippen molar-refractivity contribution in [3.63, 3.8) is 0 Å². The highest BCUT2D eigenvalue weighted by molar-refractivity contribution is 4.96. The maximum atomic E-state index is 3.56. The van der Waals surface area contributed by atoms with Crippen LogP contribution in [-0.4, -0.2) is 37.1 Å². The zero-order valence-corrected chi connectivity index (χ0v) is 9.64. The highest BCUT2D eigenvalue weighted by Gasteiger charge is 2.20. The van der Waals surface area contributed by atoms with Crippen LogP contribution in [0.15, 0.2) is 0 Å². The number of hydrogen-bond acceptors (Lipinski definition) is 2. The fraction of sp³-hybridized carbons (Fsp3) is 0.833. The monoisotopic (exact) mass is 194 g/mol. The maximum Gasteiger partial charge on any atom is 0.0218 e. The van der Waals surface area contributed by atoms with E-state index in [1.807, 2.05) is 6.92 Å². The quantitative estimate of drug-likeness (QED) is 0.682. The van der Waals surface area contributed by atoms with Gasteiger partial charge in [-0.15, -0.1) is 11.8 Å². The molecule has 0 radical (unpaired) electrons. The smallest absolute Gasteiger partial charge is 0.0218 e. The first-order valence-electron chi connectivity index (χ1n) is 5.59. The molecule has 0 spiro atoms. The SMILES string of the molecule is CC#CCCN1CCNC(C(C)C)C1. The van der Waals surface area contributed by atoms with Gasteiger partial charge in [-0.05, 0) is 12.8 Å². The van der Waals surface area contributed by atoms with Crippen molar-refractivity contribution in [2.75, 3.05) is 26.2 Å². The van der Waals surface area contributed by atoms with E-state index in [4.69, 9.17) is 0 Å². The Balaban J connectivity index is 2.27. The Labute approximate surface area is 88.1 Å². The fourth-order valence-electron chi connectivity index (χ4n) is 1.83. The summed E-state index contributed by atoms with van der Waals surface area (Å²) in [6.45, 7) is 11.1. The van der Waals surface area contributed by atoms with Gasteiger partial charge in [-0.2, -0.15) is 0 Å². The average Bonchev–Trinajstić information content (AvgIpc) is 2.19. The van der Waals surface area contributed by atoms with Crippen molar-refractivity contribution in [1.82, 2.24) is 10.2 Å². The summed E-state index contributed by atoms with van der Waals surface area (Å²) in [7, 11) is 0. The molecule has 0 bridgehead atoms. The van der Waals surface area contributed by atoms with Gasteiger partial charge in [0.2, 0.25) is 0 Å². The first kappa shape index (κ1) is 11.6. The number of nitrogens with zero attached hydrogens (tertiary/aromatic N) is 1. The second kappa shape index (κ2) is 6.06. The lowest BCUT2D eigenvalue weighted by atomic mass is 10.0. The van der Waals surface area contributed by atoms with Crippen molar-refractivity contribution in [3.8, 4) is 11.8 Å². The third kappa shape index (κ3) is 3.69. The Morgan fingerprint density at radius 3 is 2.93 bits per heavy atom. The van der Waals surface area contributed by atoms with Crippen LogP contribution < -0.4 is 5.32 Å². The molecule has 0 amide bonds. The van der Waals surface area contributed by atoms with Crippen molar-refractivity contribution < 1.29 is 0 Å². The van der Waals surface area contributed by atoms with Gasteiger partial charge in [0.1, 0.15) is 0 Å². The molecule has 1 atom stereocenters. The van der Waals surface area contributed by atoms with Crippen molar-refractivity contribution in [3.05, 3.63) is 0 Å². The van der Waals surface area contributed by atoms with E-state index in [1.54, 1.807) is 0 Å². The van der Waals surface area contributed by atoms with E-state index < -0.39 is 0 Å². The summed E-state index contributed by atoms with van der Waals surface area (Å²) in [6, 6.07) is 0.665. The summed E-state index contributed by atoms with van der Waals surface area (Å²) in [4.78, 5) is 2.52. The van der Waals surface area contributed by atoms with Crippen LogP contribution in [0.25, 0.3) is 0 Å². The fourth-order valence-corrected chi connectivity index (χ4v) is 1.83. The third-order valence-corrected chi connectivity index (χ3v) is 2.82. The minimum atomic E-state index is 0.665. The molecule has 1 unspecified atom stereocenters. The molecular formula is C12H22N2. The first-order chi connectivity index (χ1) is 6.74. The van der Waals surface area contributed by atoms with E-state index in [2.05, 4.69) is 35.9 Å². The van der Waals surface area contributed by atoms with Gasteiger partial charge in [0.25, 0.3) is 0 Å². The first-order valence-corrected chi connectivity index (χ1v) is 5.59. The zero-order chi connectivity index (χ0) is 10.4. The van der Waals surface area contributed by atoms with Crippen LogP contribution in [0.2, 0.25) is 0 Å². The van der Waals surface area contributed by atoms with E-state index in [1.165, 1.54) is 13.1 Å². The van der Waals surface area contributed by atoms with Gasteiger partial charge in [0, 0.05) is 38.6 Å². The molecule has 0 aromatic heterocycles. The van der Waals surface area contributed by atoms with Crippen LogP contribution in [0.3, 0.4) is 0 Å². The van der Waals surface area contributed by atoms with E-state index >= 15 is 0 Å². The van der Waals surface area contributed by atoms with Crippen LogP contribution in [0.5, 0.6) is 0 Å². The molecule has 1 rings (SSSR count). The number of rotatable bonds is 3. The Kier molecular flexibility index (Phi) is 5.00. The number of piperazine rings is 1. The summed E-state index contributed by atoms with van der Waals surface area (Å²) >= 11 is 0. The molecule has 2 heteroatoms. The standard InChI is InChI=1S/C12H22N2/c1-4-5-6-8-14-9-7-13-12(10-14)11(2)3/h11-13H,6-10H2,1-3H3. The molecular weight excluding hydrogens is 172 g/mol. The van der Waals surface area contributed by atoms with E-state index in [-0.39, 0.29) is 0 Å². The van der Waals surface area contributed by atoms with Crippen molar-refractivity contribution in [2.45, 2.75) is 33.2 Å². The minimum absolute atomic E-state index is 0.665. The van der Waals surface area contributed by atoms with Crippen LogP contribution in [-0.2, 0) is 0 Å². The third-order valence-electron chi connectivity index (χ3n) is 2.82. The van der Waals surface area contributed by atoms with Crippen LogP contribution in [0, 0.1) is 17.8 Å². The summed E-state index contributed by atoms with van der Waals surface area (Å²) in [5.74, 6) is 6.81. The van der Waals surface area contributed by atoms with Gasteiger partial charge in [0.15, 0.2) is 0 Å². The minimum Gasteiger partial charge on any atom is -0.311 e. The highest BCUT2D eigenvalue weighted by atomic mass is 15.2. The van der Waals surface area contributed by atoms with Crippen molar-refractivity contribution in [2.24, 2.45) is 5.92 Å². The molecule has 0 saturated carbocycles. The summed E-state index contributed by atoms with van der Waals surface area (Å²) in [6.07, 6.45) is 1.02. The Morgan fingerprint density at radius 2 is 2.29 bits per heavy atom. The van der Waals surface area contributed by atoms with E-state index in [0.29, 0.717) is 6.04 Å². The predicted molar refractivity (Wildman–Crippen MR) is 61.1 cm³/mol. The van der Waals surface area contributed by atoms with Gasteiger partial charge < -0.3 is 5.32 Å². The largest absolute Gasteiger partial charge is 0.311 e. The van der Waals surface area contributed by atoms with Gasteiger partial charge in [-0.1, -0.05) is 13.8 Å². The van der Waals surface area contributed by atoms with E-state index in [0.717, 1.165) is 25.4 Å². The topological polar surface area (TPSA) is 15.3 Å². The molecule has 1 saturated heterocycles. The van der Waals surface area contributed by atoms with Gasteiger partial charge in [-0.3, -0.25) is 4.90 Å². The molecule has 80 valence electrons. The Bertz CT molecular complexity index is 212. The zero-order valence-electron chi connectivity index (χ0n) is 9.64. The lowest BCUT2D eigenvalue weighted by molar-refractivity contribution is 0.178. The molecule has 0 aromatic rings. The molecule has 1 aliphatic rings. The number of hydrogen-bond donors (Lipinski definition) is 1. The highest BCUT2D eigenvalue weighted by Crippen LogP contribution is 2.08. The van der Waals surface area contributed by atoms with Gasteiger partial charge in [-0.25, -0.2) is 0 Å². The number of nitrogens with one attached hydrogen (secondary N) is 1. The average molecular weight is 194 g/mol. The normalized spacial score (nSPS) is 23.3. The van der Waals surface area contributed by atoms with Crippen LogP contribution >= 0.6 is 0 Å². The molecule has 0 aromatic carbocycles. The molecule has 2 nitrogen and oxygen atoms in total. The van der Waals surface area contributed by atoms with Crippen LogP contribution in [0.4, 0.5) is 0 Å². The van der Waals surface area contributed by atoms with Gasteiger partial charge in [0.05, 0.1) is 0 Å².